The summed E-state index contributed by atoms with van der Waals surface area (Å²) in [4.78, 5) is 15.0. The highest BCUT2D eigenvalue weighted by Crippen LogP contribution is 2.15. The number of rotatable bonds is 8. The Labute approximate surface area is 183 Å². The van der Waals surface area contributed by atoms with Crippen molar-refractivity contribution in [1.29, 1.82) is 0 Å². The molecule has 1 amide bonds. The molecule has 0 spiro atoms. The molecule has 1 aliphatic heterocycles. The Balaban J connectivity index is 1.30. The molecule has 5 nitrogen and oxygen atoms in total. The number of morpholine rings is 1. The van der Waals surface area contributed by atoms with E-state index in [1.54, 1.807) is 0 Å². The SMILES string of the molecule is O=C(NCc1ccccc1CN1CCOCC1)c1ccc(COc2ccccc2)cc1. The van der Waals surface area contributed by atoms with Crippen molar-refractivity contribution in [1.82, 2.24) is 10.2 Å². The van der Waals surface area contributed by atoms with E-state index < -0.39 is 0 Å². The molecule has 0 aromatic heterocycles. The molecule has 0 radical (unpaired) electrons. The zero-order valence-electron chi connectivity index (χ0n) is 17.6. The molecular formula is C26H28N2O3. The fraction of sp³-hybridized carbons (Fsp3) is 0.269. The average molecular weight is 417 g/mol. The van der Waals surface area contributed by atoms with Crippen LogP contribution in [0.2, 0.25) is 0 Å². The van der Waals surface area contributed by atoms with Gasteiger partial charge in [-0.05, 0) is 41.0 Å². The minimum atomic E-state index is -0.0725. The monoisotopic (exact) mass is 416 g/mol. The second kappa shape index (κ2) is 10.8. The van der Waals surface area contributed by atoms with Gasteiger partial charge in [-0.3, -0.25) is 9.69 Å². The lowest BCUT2D eigenvalue weighted by atomic mass is 10.1. The number of hydrogen-bond acceptors (Lipinski definition) is 4. The first-order valence-corrected chi connectivity index (χ1v) is 10.7. The van der Waals surface area contributed by atoms with E-state index in [1.165, 1.54) is 5.56 Å². The third-order valence-corrected chi connectivity index (χ3v) is 5.42. The van der Waals surface area contributed by atoms with Crippen molar-refractivity contribution in [2.45, 2.75) is 19.7 Å². The van der Waals surface area contributed by atoms with Crippen LogP contribution in [-0.2, 0) is 24.4 Å². The Kier molecular flexibility index (Phi) is 7.32. The highest BCUT2D eigenvalue weighted by Gasteiger charge is 2.13. The Morgan fingerprint density at radius 2 is 1.55 bits per heavy atom. The van der Waals surface area contributed by atoms with Crippen LogP contribution in [0.5, 0.6) is 5.75 Å². The number of carbonyl (C=O) groups excluding carboxylic acids is 1. The molecule has 1 fully saturated rings. The number of benzene rings is 3. The van der Waals surface area contributed by atoms with Gasteiger partial charge in [-0.25, -0.2) is 0 Å². The van der Waals surface area contributed by atoms with E-state index >= 15 is 0 Å². The summed E-state index contributed by atoms with van der Waals surface area (Å²) in [5.41, 5.74) is 4.07. The Morgan fingerprint density at radius 1 is 0.871 bits per heavy atom. The minimum Gasteiger partial charge on any atom is -0.489 e. The van der Waals surface area contributed by atoms with Gasteiger partial charge in [0.15, 0.2) is 0 Å². The van der Waals surface area contributed by atoms with E-state index in [0.29, 0.717) is 18.7 Å². The van der Waals surface area contributed by atoms with Crippen LogP contribution in [0.3, 0.4) is 0 Å². The smallest absolute Gasteiger partial charge is 0.251 e. The number of hydrogen-bond donors (Lipinski definition) is 1. The summed E-state index contributed by atoms with van der Waals surface area (Å²) in [6.07, 6.45) is 0. The first kappa shape index (κ1) is 21.1. The van der Waals surface area contributed by atoms with Crippen molar-refractivity contribution in [2.75, 3.05) is 26.3 Å². The molecule has 3 aromatic carbocycles. The molecule has 0 unspecified atom stereocenters. The molecule has 1 heterocycles. The van der Waals surface area contributed by atoms with Gasteiger partial charge in [0.1, 0.15) is 12.4 Å². The van der Waals surface area contributed by atoms with E-state index in [2.05, 4.69) is 28.4 Å². The zero-order valence-corrected chi connectivity index (χ0v) is 17.6. The molecule has 0 saturated carbocycles. The molecular weight excluding hydrogens is 388 g/mol. The first-order valence-electron chi connectivity index (χ1n) is 10.7. The van der Waals surface area contributed by atoms with E-state index in [0.717, 1.165) is 49.7 Å². The van der Waals surface area contributed by atoms with Gasteiger partial charge in [0, 0.05) is 31.7 Å². The number of nitrogens with zero attached hydrogens (tertiary/aromatic N) is 1. The van der Waals surface area contributed by atoms with E-state index in [1.807, 2.05) is 60.7 Å². The third-order valence-electron chi connectivity index (χ3n) is 5.42. The minimum absolute atomic E-state index is 0.0725. The third kappa shape index (κ3) is 6.17. The van der Waals surface area contributed by atoms with Gasteiger partial charge in [-0.2, -0.15) is 0 Å². The zero-order chi connectivity index (χ0) is 21.3. The standard InChI is InChI=1S/C26H28N2O3/c29-26(22-12-10-21(11-13-22)20-31-25-8-2-1-3-9-25)27-18-23-6-4-5-7-24(23)19-28-14-16-30-17-15-28/h1-13H,14-20H2,(H,27,29). The topological polar surface area (TPSA) is 50.8 Å². The van der Waals surface area contributed by atoms with Crippen molar-refractivity contribution in [2.24, 2.45) is 0 Å². The Morgan fingerprint density at radius 3 is 2.29 bits per heavy atom. The van der Waals surface area contributed by atoms with Gasteiger partial charge in [0.05, 0.1) is 13.2 Å². The normalized spacial score (nSPS) is 14.2. The lowest BCUT2D eigenvalue weighted by Gasteiger charge is -2.27. The van der Waals surface area contributed by atoms with Crippen molar-refractivity contribution in [3.8, 4) is 5.75 Å². The maximum Gasteiger partial charge on any atom is 0.251 e. The lowest BCUT2D eigenvalue weighted by Crippen LogP contribution is -2.36. The van der Waals surface area contributed by atoms with Gasteiger partial charge >= 0.3 is 0 Å². The average Bonchev–Trinajstić information content (AvgIpc) is 2.84. The predicted molar refractivity (Wildman–Crippen MR) is 121 cm³/mol. The summed E-state index contributed by atoms with van der Waals surface area (Å²) < 4.78 is 11.2. The Bertz CT molecular complexity index is 967. The number of amides is 1. The molecule has 5 heteroatoms. The number of nitrogens with one attached hydrogen (secondary N) is 1. The van der Waals surface area contributed by atoms with Crippen LogP contribution in [0, 0.1) is 0 Å². The van der Waals surface area contributed by atoms with Gasteiger partial charge < -0.3 is 14.8 Å². The van der Waals surface area contributed by atoms with Crippen molar-refractivity contribution >= 4 is 5.91 Å². The quantitative estimate of drug-likeness (QED) is 0.602. The van der Waals surface area contributed by atoms with Crippen molar-refractivity contribution in [3.05, 3.63) is 101 Å². The molecule has 31 heavy (non-hydrogen) atoms. The predicted octanol–water partition coefficient (Wildman–Crippen LogP) is 4.03. The van der Waals surface area contributed by atoms with Gasteiger partial charge in [-0.15, -0.1) is 0 Å². The molecule has 0 aliphatic carbocycles. The summed E-state index contributed by atoms with van der Waals surface area (Å²) in [6, 6.07) is 25.6. The molecule has 160 valence electrons. The maximum atomic E-state index is 12.6. The summed E-state index contributed by atoms with van der Waals surface area (Å²) >= 11 is 0. The lowest BCUT2D eigenvalue weighted by molar-refractivity contribution is 0.0340. The van der Waals surface area contributed by atoms with Crippen LogP contribution in [0.25, 0.3) is 0 Å². The Hall–Kier alpha value is -3.15. The van der Waals surface area contributed by atoms with Crippen LogP contribution in [0.4, 0.5) is 0 Å². The molecule has 4 rings (SSSR count). The highest BCUT2D eigenvalue weighted by atomic mass is 16.5. The second-order valence-corrected chi connectivity index (χ2v) is 7.64. The summed E-state index contributed by atoms with van der Waals surface area (Å²) in [6.45, 7) is 5.32. The van der Waals surface area contributed by atoms with Gasteiger partial charge in [0.2, 0.25) is 0 Å². The summed E-state index contributed by atoms with van der Waals surface area (Å²) in [7, 11) is 0. The number of para-hydroxylation sites is 1. The first-order chi connectivity index (χ1) is 15.3. The fourth-order valence-electron chi connectivity index (χ4n) is 3.60. The molecule has 1 N–H and O–H groups in total. The van der Waals surface area contributed by atoms with Crippen LogP contribution in [0.15, 0.2) is 78.9 Å². The van der Waals surface area contributed by atoms with Gasteiger partial charge in [0.25, 0.3) is 5.91 Å². The van der Waals surface area contributed by atoms with E-state index in [4.69, 9.17) is 9.47 Å². The highest BCUT2D eigenvalue weighted by molar-refractivity contribution is 5.94. The van der Waals surface area contributed by atoms with Crippen LogP contribution < -0.4 is 10.1 Å². The van der Waals surface area contributed by atoms with Crippen LogP contribution >= 0.6 is 0 Å². The molecule has 0 atom stereocenters. The number of ether oxygens (including phenoxy) is 2. The van der Waals surface area contributed by atoms with E-state index in [9.17, 15) is 4.79 Å². The van der Waals surface area contributed by atoms with Gasteiger partial charge in [-0.1, -0.05) is 54.6 Å². The fourth-order valence-corrected chi connectivity index (χ4v) is 3.60. The van der Waals surface area contributed by atoms with Crippen LogP contribution in [0.1, 0.15) is 27.0 Å². The second-order valence-electron chi connectivity index (χ2n) is 7.64. The molecule has 0 bridgehead atoms. The maximum absolute atomic E-state index is 12.6. The molecule has 1 saturated heterocycles. The largest absolute Gasteiger partial charge is 0.489 e. The van der Waals surface area contributed by atoms with Crippen LogP contribution in [-0.4, -0.2) is 37.1 Å². The van der Waals surface area contributed by atoms with E-state index in [-0.39, 0.29) is 5.91 Å². The van der Waals surface area contributed by atoms with Crippen molar-refractivity contribution in [3.63, 3.8) is 0 Å². The summed E-state index contributed by atoms with van der Waals surface area (Å²) in [5, 5.41) is 3.06. The van der Waals surface area contributed by atoms with Crippen molar-refractivity contribution < 1.29 is 14.3 Å². The molecule has 1 aliphatic rings. The number of carbonyl (C=O) groups is 1. The molecule has 3 aromatic rings. The summed E-state index contributed by atoms with van der Waals surface area (Å²) in [5.74, 6) is 0.761.